The van der Waals surface area contributed by atoms with Crippen LogP contribution in [0.25, 0.3) is 0 Å². The summed E-state index contributed by atoms with van der Waals surface area (Å²) >= 11 is 0. The average molecular weight is 287 g/mol. The van der Waals surface area contributed by atoms with E-state index in [0.29, 0.717) is 12.3 Å². The van der Waals surface area contributed by atoms with Crippen LogP contribution in [-0.4, -0.2) is 31.4 Å². The van der Waals surface area contributed by atoms with Crippen LogP contribution < -0.4 is 15.5 Å². The zero-order valence-corrected chi connectivity index (χ0v) is 12.1. The molecule has 1 fully saturated rings. The van der Waals surface area contributed by atoms with Crippen molar-refractivity contribution in [3.05, 3.63) is 24.3 Å². The van der Waals surface area contributed by atoms with E-state index in [9.17, 15) is 9.59 Å². The number of benzene rings is 1. The molecule has 5 heteroatoms. The van der Waals surface area contributed by atoms with Crippen molar-refractivity contribution in [1.29, 1.82) is 0 Å². The third-order valence-corrected chi connectivity index (χ3v) is 4.24. The van der Waals surface area contributed by atoms with E-state index in [1.165, 1.54) is 12.8 Å². The summed E-state index contributed by atoms with van der Waals surface area (Å²) in [4.78, 5) is 25.8. The van der Waals surface area contributed by atoms with E-state index in [2.05, 4.69) is 10.6 Å². The molecule has 0 aliphatic carbocycles. The van der Waals surface area contributed by atoms with Crippen molar-refractivity contribution in [1.82, 2.24) is 5.32 Å². The molecule has 2 amide bonds. The van der Waals surface area contributed by atoms with E-state index in [-0.39, 0.29) is 18.4 Å². The molecule has 21 heavy (non-hydrogen) atoms. The number of nitrogens with one attached hydrogen (secondary N) is 2. The standard InChI is InChI=1S/C16H21N3O2/c20-15-11-19(14-6-2-1-5-13(14)18-15)16(21)8-7-12-4-3-9-17-10-12/h1-2,5-6,12,17H,3-4,7-11H2,(H,18,20). The molecule has 2 heterocycles. The van der Waals surface area contributed by atoms with Gasteiger partial charge in [-0.25, -0.2) is 0 Å². The molecule has 5 nitrogen and oxygen atoms in total. The molecule has 2 N–H and O–H groups in total. The maximum atomic E-state index is 12.5. The molecule has 1 saturated heterocycles. The summed E-state index contributed by atoms with van der Waals surface area (Å²) < 4.78 is 0. The minimum Gasteiger partial charge on any atom is -0.323 e. The van der Waals surface area contributed by atoms with Crippen LogP contribution >= 0.6 is 0 Å². The Morgan fingerprint density at radius 1 is 1.33 bits per heavy atom. The van der Waals surface area contributed by atoms with Crippen LogP contribution in [0.2, 0.25) is 0 Å². The van der Waals surface area contributed by atoms with Crippen LogP contribution in [0.4, 0.5) is 11.4 Å². The lowest BCUT2D eigenvalue weighted by molar-refractivity contribution is -0.122. The van der Waals surface area contributed by atoms with Gasteiger partial charge in [-0.2, -0.15) is 0 Å². The van der Waals surface area contributed by atoms with E-state index in [1.807, 2.05) is 24.3 Å². The SMILES string of the molecule is O=C1CN(C(=O)CCC2CCCNC2)c2ccccc2N1. The van der Waals surface area contributed by atoms with Gasteiger partial charge in [-0.1, -0.05) is 12.1 Å². The first kappa shape index (κ1) is 14.1. The number of hydrogen-bond donors (Lipinski definition) is 2. The molecule has 0 radical (unpaired) electrons. The number of para-hydroxylation sites is 2. The van der Waals surface area contributed by atoms with Gasteiger partial charge in [-0.05, 0) is 50.4 Å². The Morgan fingerprint density at radius 2 is 2.19 bits per heavy atom. The summed E-state index contributed by atoms with van der Waals surface area (Å²) in [6.07, 6.45) is 3.78. The molecule has 1 aromatic carbocycles. The van der Waals surface area contributed by atoms with Crippen molar-refractivity contribution in [2.24, 2.45) is 5.92 Å². The molecule has 2 aliphatic rings. The second-order valence-corrected chi connectivity index (χ2v) is 5.80. The molecule has 0 aromatic heterocycles. The van der Waals surface area contributed by atoms with E-state index in [1.54, 1.807) is 4.90 Å². The number of carbonyl (C=O) groups is 2. The molecule has 112 valence electrons. The van der Waals surface area contributed by atoms with Crippen molar-refractivity contribution < 1.29 is 9.59 Å². The quantitative estimate of drug-likeness (QED) is 0.890. The van der Waals surface area contributed by atoms with Crippen molar-refractivity contribution in [2.75, 3.05) is 29.9 Å². The molecule has 0 saturated carbocycles. The van der Waals surface area contributed by atoms with Gasteiger partial charge in [0.15, 0.2) is 0 Å². The van der Waals surface area contributed by atoms with E-state index in [4.69, 9.17) is 0 Å². The van der Waals surface area contributed by atoms with Gasteiger partial charge >= 0.3 is 0 Å². The number of fused-ring (bicyclic) bond motifs is 1. The molecule has 3 rings (SSSR count). The highest BCUT2D eigenvalue weighted by Crippen LogP contribution is 2.29. The average Bonchev–Trinajstić information content (AvgIpc) is 2.52. The smallest absolute Gasteiger partial charge is 0.244 e. The van der Waals surface area contributed by atoms with E-state index >= 15 is 0 Å². The Labute approximate surface area is 124 Å². The summed E-state index contributed by atoms with van der Waals surface area (Å²) in [5, 5.41) is 6.18. The van der Waals surface area contributed by atoms with Crippen molar-refractivity contribution in [3.8, 4) is 0 Å². The van der Waals surface area contributed by atoms with Gasteiger partial charge in [0, 0.05) is 6.42 Å². The summed E-state index contributed by atoms with van der Waals surface area (Å²) in [7, 11) is 0. The zero-order chi connectivity index (χ0) is 14.7. The number of nitrogens with zero attached hydrogens (tertiary/aromatic N) is 1. The molecule has 2 aliphatic heterocycles. The number of anilines is 2. The highest BCUT2D eigenvalue weighted by Gasteiger charge is 2.26. The maximum absolute atomic E-state index is 12.5. The second kappa shape index (κ2) is 6.26. The highest BCUT2D eigenvalue weighted by molar-refractivity contribution is 6.09. The van der Waals surface area contributed by atoms with Crippen LogP contribution in [0.5, 0.6) is 0 Å². The Morgan fingerprint density at radius 3 is 3.00 bits per heavy atom. The second-order valence-electron chi connectivity index (χ2n) is 5.80. The van der Waals surface area contributed by atoms with Crippen molar-refractivity contribution in [2.45, 2.75) is 25.7 Å². The summed E-state index contributed by atoms with van der Waals surface area (Å²) in [6, 6.07) is 7.47. The fourth-order valence-corrected chi connectivity index (χ4v) is 3.09. The largest absolute Gasteiger partial charge is 0.323 e. The number of piperidine rings is 1. The number of amides is 2. The predicted octanol–water partition coefficient (Wildman–Crippen LogP) is 1.75. The van der Waals surface area contributed by atoms with Gasteiger partial charge in [0.2, 0.25) is 11.8 Å². The lowest BCUT2D eigenvalue weighted by Crippen LogP contribution is -2.42. The highest BCUT2D eigenvalue weighted by atomic mass is 16.2. The Hall–Kier alpha value is -1.88. The lowest BCUT2D eigenvalue weighted by atomic mass is 9.94. The van der Waals surface area contributed by atoms with Gasteiger partial charge in [0.1, 0.15) is 6.54 Å². The van der Waals surface area contributed by atoms with Gasteiger partial charge in [-0.15, -0.1) is 0 Å². The summed E-state index contributed by atoms with van der Waals surface area (Å²) in [6.45, 7) is 2.22. The topological polar surface area (TPSA) is 61.4 Å². The number of hydrogen-bond acceptors (Lipinski definition) is 3. The molecule has 0 spiro atoms. The van der Waals surface area contributed by atoms with Crippen LogP contribution in [0.15, 0.2) is 24.3 Å². The summed E-state index contributed by atoms with van der Waals surface area (Å²) in [5.41, 5.74) is 1.53. The third kappa shape index (κ3) is 3.24. The Bertz CT molecular complexity index is 538. The molecular weight excluding hydrogens is 266 g/mol. The van der Waals surface area contributed by atoms with Gasteiger partial charge in [0.25, 0.3) is 0 Å². The minimum atomic E-state index is -0.124. The number of carbonyl (C=O) groups excluding carboxylic acids is 2. The van der Waals surface area contributed by atoms with Crippen molar-refractivity contribution >= 4 is 23.2 Å². The van der Waals surface area contributed by atoms with Crippen molar-refractivity contribution in [3.63, 3.8) is 0 Å². The Balaban J connectivity index is 1.65. The normalized spacial score (nSPS) is 21.6. The zero-order valence-electron chi connectivity index (χ0n) is 12.1. The van der Waals surface area contributed by atoms with Crippen LogP contribution in [0, 0.1) is 5.92 Å². The molecule has 1 unspecified atom stereocenters. The maximum Gasteiger partial charge on any atom is 0.244 e. The molecular formula is C16H21N3O2. The third-order valence-electron chi connectivity index (χ3n) is 4.24. The molecule has 0 bridgehead atoms. The minimum absolute atomic E-state index is 0.0443. The summed E-state index contributed by atoms with van der Waals surface area (Å²) in [5.74, 6) is 0.501. The lowest BCUT2D eigenvalue weighted by Gasteiger charge is -2.30. The van der Waals surface area contributed by atoms with Crippen LogP contribution in [-0.2, 0) is 9.59 Å². The van der Waals surface area contributed by atoms with E-state index in [0.717, 1.165) is 30.9 Å². The first-order chi connectivity index (χ1) is 10.2. The first-order valence-corrected chi connectivity index (χ1v) is 7.64. The fourth-order valence-electron chi connectivity index (χ4n) is 3.09. The monoisotopic (exact) mass is 287 g/mol. The fraction of sp³-hybridized carbons (Fsp3) is 0.500. The van der Waals surface area contributed by atoms with Gasteiger partial charge in [-0.3, -0.25) is 9.59 Å². The van der Waals surface area contributed by atoms with Crippen LogP contribution in [0.1, 0.15) is 25.7 Å². The predicted molar refractivity (Wildman–Crippen MR) is 82.3 cm³/mol. The Kier molecular flexibility index (Phi) is 4.20. The number of rotatable bonds is 3. The van der Waals surface area contributed by atoms with Gasteiger partial charge in [0.05, 0.1) is 11.4 Å². The molecule has 1 atom stereocenters. The van der Waals surface area contributed by atoms with Crippen LogP contribution in [0.3, 0.4) is 0 Å². The first-order valence-electron chi connectivity index (χ1n) is 7.64. The molecule has 1 aromatic rings. The van der Waals surface area contributed by atoms with E-state index < -0.39 is 0 Å². The van der Waals surface area contributed by atoms with Gasteiger partial charge < -0.3 is 15.5 Å².